The summed E-state index contributed by atoms with van der Waals surface area (Å²) in [5, 5.41) is 10.5. The zero-order chi connectivity index (χ0) is 22.7. The fourth-order valence-electron chi connectivity index (χ4n) is 5.23. The van der Waals surface area contributed by atoms with E-state index in [-0.39, 0.29) is 11.6 Å². The molecule has 1 aliphatic carbocycles. The summed E-state index contributed by atoms with van der Waals surface area (Å²) in [6.07, 6.45) is 6.66. The van der Waals surface area contributed by atoms with Gasteiger partial charge in [0.1, 0.15) is 17.1 Å². The fourth-order valence-corrected chi connectivity index (χ4v) is 5.23. The third-order valence-electron chi connectivity index (χ3n) is 7.00. The first-order valence-corrected chi connectivity index (χ1v) is 12.0. The molecule has 7 heteroatoms. The molecule has 33 heavy (non-hydrogen) atoms. The number of rotatable bonds is 4. The van der Waals surface area contributed by atoms with E-state index in [1.54, 1.807) is 7.11 Å². The average Bonchev–Trinajstić information content (AvgIpc) is 3.36. The summed E-state index contributed by atoms with van der Waals surface area (Å²) in [4.78, 5) is 20.3. The number of anilines is 2. The summed E-state index contributed by atoms with van der Waals surface area (Å²) in [5.41, 5.74) is 2.76. The molecule has 1 saturated heterocycles. The van der Waals surface area contributed by atoms with E-state index in [9.17, 15) is 4.79 Å². The van der Waals surface area contributed by atoms with Crippen LogP contribution in [0.3, 0.4) is 0 Å². The average molecular weight is 448 g/mol. The van der Waals surface area contributed by atoms with Crippen LogP contribution in [0, 0.1) is 0 Å². The molecule has 7 nitrogen and oxygen atoms in total. The van der Waals surface area contributed by atoms with Gasteiger partial charge in [-0.25, -0.2) is 4.79 Å². The minimum Gasteiger partial charge on any atom is -0.497 e. The first kappa shape index (κ1) is 21.6. The van der Waals surface area contributed by atoms with E-state index in [0.717, 1.165) is 60.8 Å². The van der Waals surface area contributed by atoms with E-state index in [4.69, 9.17) is 9.73 Å². The summed E-state index contributed by atoms with van der Waals surface area (Å²) in [6.45, 7) is 1.80. The van der Waals surface area contributed by atoms with Crippen molar-refractivity contribution in [3.8, 4) is 5.75 Å². The van der Waals surface area contributed by atoms with Gasteiger partial charge in [0.25, 0.3) is 0 Å². The van der Waals surface area contributed by atoms with Crippen molar-refractivity contribution in [2.24, 2.45) is 4.99 Å². The summed E-state index contributed by atoms with van der Waals surface area (Å²) in [5.74, 6) is 1.78. The lowest BCUT2D eigenvalue weighted by atomic mass is 9.85. The number of benzene rings is 2. The highest BCUT2D eigenvalue weighted by atomic mass is 16.5. The Kier molecular flexibility index (Phi) is 6.11. The number of nitrogens with zero attached hydrogens (tertiary/aromatic N) is 2. The molecule has 0 unspecified atom stereocenters. The molecule has 2 aromatic rings. The van der Waals surface area contributed by atoms with Crippen LogP contribution in [0.15, 0.2) is 53.5 Å². The van der Waals surface area contributed by atoms with Crippen LogP contribution in [-0.2, 0) is 6.54 Å². The van der Waals surface area contributed by atoms with Crippen molar-refractivity contribution in [3.05, 3.63) is 54.1 Å². The van der Waals surface area contributed by atoms with Gasteiger partial charge >= 0.3 is 6.03 Å². The maximum atomic E-state index is 13.1. The molecule has 3 N–H and O–H groups in total. The van der Waals surface area contributed by atoms with Gasteiger partial charge in [0.2, 0.25) is 0 Å². The lowest BCUT2D eigenvalue weighted by Gasteiger charge is -2.47. The Morgan fingerprint density at radius 2 is 1.97 bits per heavy atom. The predicted molar refractivity (Wildman–Crippen MR) is 132 cm³/mol. The SMILES string of the molecule is COc1cccc(CNC(=O)N2CCC[C@@]3(C2)Nc2ccccc2NC3=NC2CCCC2)c1. The maximum Gasteiger partial charge on any atom is 0.317 e. The molecule has 2 aromatic carbocycles. The van der Waals surface area contributed by atoms with Crippen molar-refractivity contribution in [2.45, 2.75) is 56.7 Å². The van der Waals surface area contributed by atoms with E-state index >= 15 is 0 Å². The Bertz CT molecular complexity index is 1030. The number of hydrogen-bond donors (Lipinski definition) is 3. The molecular weight excluding hydrogens is 414 g/mol. The highest BCUT2D eigenvalue weighted by Crippen LogP contribution is 2.37. The molecule has 5 rings (SSSR count). The number of amidine groups is 1. The zero-order valence-corrected chi connectivity index (χ0v) is 19.3. The fraction of sp³-hybridized carbons (Fsp3) is 0.462. The number of carbonyl (C=O) groups is 1. The van der Waals surface area contributed by atoms with Gasteiger partial charge in [-0.1, -0.05) is 37.1 Å². The Hall–Kier alpha value is -3.22. The first-order chi connectivity index (χ1) is 16.1. The molecule has 1 saturated carbocycles. The summed E-state index contributed by atoms with van der Waals surface area (Å²) >= 11 is 0. The van der Waals surface area contributed by atoms with Gasteiger partial charge < -0.3 is 25.6 Å². The Morgan fingerprint density at radius 1 is 1.15 bits per heavy atom. The Balaban J connectivity index is 1.34. The number of methoxy groups -OCH3 is 1. The molecule has 2 aliphatic heterocycles. The van der Waals surface area contributed by atoms with Crippen molar-refractivity contribution < 1.29 is 9.53 Å². The van der Waals surface area contributed by atoms with Gasteiger partial charge in [-0.05, 0) is 55.5 Å². The van der Waals surface area contributed by atoms with E-state index in [1.807, 2.05) is 41.3 Å². The molecule has 3 aliphatic rings. The van der Waals surface area contributed by atoms with Gasteiger partial charge in [0.05, 0.1) is 31.1 Å². The molecule has 174 valence electrons. The smallest absolute Gasteiger partial charge is 0.317 e. The molecule has 2 amide bonds. The highest BCUT2D eigenvalue weighted by Gasteiger charge is 2.45. The summed E-state index contributed by atoms with van der Waals surface area (Å²) in [6, 6.07) is 16.4. The van der Waals surface area contributed by atoms with Crippen LogP contribution in [-0.4, -0.2) is 48.5 Å². The topological polar surface area (TPSA) is 78.0 Å². The molecule has 1 atom stereocenters. The number of carbonyl (C=O) groups excluding carboxylic acids is 1. The Morgan fingerprint density at radius 3 is 2.79 bits per heavy atom. The predicted octanol–water partition coefficient (Wildman–Crippen LogP) is 4.62. The van der Waals surface area contributed by atoms with Gasteiger partial charge in [-0.2, -0.15) is 0 Å². The number of para-hydroxylation sites is 2. The number of fused-ring (bicyclic) bond motifs is 1. The number of ether oxygens (including phenoxy) is 1. The third kappa shape index (κ3) is 4.63. The summed E-state index contributed by atoms with van der Waals surface area (Å²) in [7, 11) is 1.65. The third-order valence-corrected chi connectivity index (χ3v) is 7.00. The number of aliphatic imine (C=N–C) groups is 1. The second-order valence-electron chi connectivity index (χ2n) is 9.33. The van der Waals surface area contributed by atoms with Crippen LogP contribution in [0.25, 0.3) is 0 Å². The standard InChI is InChI=1S/C26H33N5O2/c1-33-21-11-6-8-19(16-21)17-27-25(32)31-15-7-14-26(18-31)24(28-20-9-2-3-10-20)29-22-12-4-5-13-23(22)30-26/h4-6,8,11-13,16,20,30H,2-3,7,9-10,14-15,17-18H2,1H3,(H,27,32)(H,28,29)/t26-/m0/s1. The largest absolute Gasteiger partial charge is 0.497 e. The molecule has 0 radical (unpaired) electrons. The first-order valence-electron chi connectivity index (χ1n) is 12.0. The second-order valence-corrected chi connectivity index (χ2v) is 9.33. The van der Waals surface area contributed by atoms with Gasteiger partial charge in [-0.15, -0.1) is 0 Å². The minimum absolute atomic E-state index is 0.0437. The zero-order valence-electron chi connectivity index (χ0n) is 19.3. The van der Waals surface area contributed by atoms with E-state index in [0.29, 0.717) is 19.1 Å². The molecule has 2 fully saturated rings. The monoisotopic (exact) mass is 447 g/mol. The van der Waals surface area contributed by atoms with E-state index < -0.39 is 0 Å². The van der Waals surface area contributed by atoms with Gasteiger partial charge in [0, 0.05) is 13.1 Å². The van der Waals surface area contributed by atoms with Crippen molar-refractivity contribution in [3.63, 3.8) is 0 Å². The van der Waals surface area contributed by atoms with Crippen LogP contribution in [0.1, 0.15) is 44.1 Å². The molecule has 1 spiro atoms. The van der Waals surface area contributed by atoms with Crippen molar-refractivity contribution in [1.29, 1.82) is 0 Å². The number of amides is 2. The van der Waals surface area contributed by atoms with Crippen molar-refractivity contribution >= 4 is 23.2 Å². The minimum atomic E-state index is -0.386. The highest BCUT2D eigenvalue weighted by molar-refractivity contribution is 6.10. The van der Waals surface area contributed by atoms with Crippen molar-refractivity contribution in [1.82, 2.24) is 10.2 Å². The Labute approximate surface area is 195 Å². The number of nitrogens with one attached hydrogen (secondary N) is 3. The number of urea groups is 1. The lowest BCUT2D eigenvalue weighted by molar-refractivity contribution is 0.173. The number of hydrogen-bond acceptors (Lipinski definition) is 4. The van der Waals surface area contributed by atoms with Crippen molar-refractivity contribution in [2.75, 3.05) is 30.8 Å². The van der Waals surface area contributed by atoms with Gasteiger partial charge in [-0.3, -0.25) is 4.99 Å². The van der Waals surface area contributed by atoms with Crippen LogP contribution < -0.4 is 20.7 Å². The van der Waals surface area contributed by atoms with Crippen LogP contribution in [0.5, 0.6) is 5.75 Å². The number of piperidine rings is 1. The number of likely N-dealkylation sites (tertiary alicyclic amines) is 1. The van der Waals surface area contributed by atoms with Crippen LogP contribution >= 0.6 is 0 Å². The molecule has 0 aromatic heterocycles. The molecule has 0 bridgehead atoms. The van der Waals surface area contributed by atoms with Gasteiger partial charge in [0.15, 0.2) is 0 Å². The van der Waals surface area contributed by atoms with Crippen LogP contribution in [0.2, 0.25) is 0 Å². The van der Waals surface area contributed by atoms with E-state index in [2.05, 4.69) is 28.1 Å². The lowest BCUT2D eigenvalue weighted by Crippen LogP contribution is -2.63. The summed E-state index contributed by atoms with van der Waals surface area (Å²) < 4.78 is 5.30. The normalized spacial score (nSPS) is 23.7. The quantitative estimate of drug-likeness (QED) is 0.639. The molecular formula is C26H33N5O2. The maximum absolute atomic E-state index is 13.1. The van der Waals surface area contributed by atoms with Crippen LogP contribution in [0.4, 0.5) is 16.2 Å². The van der Waals surface area contributed by atoms with E-state index in [1.165, 1.54) is 12.8 Å². The molecule has 2 heterocycles. The second kappa shape index (κ2) is 9.33.